The van der Waals surface area contributed by atoms with Crippen LogP contribution in [0.15, 0.2) is 30.3 Å². The van der Waals surface area contributed by atoms with Crippen molar-refractivity contribution in [2.75, 3.05) is 6.61 Å². The summed E-state index contributed by atoms with van der Waals surface area (Å²) in [5.41, 5.74) is 4.09. The van der Waals surface area contributed by atoms with Gasteiger partial charge in [0.15, 0.2) is 0 Å². The van der Waals surface area contributed by atoms with Crippen LogP contribution in [-0.2, 0) is 4.74 Å². The molecule has 0 saturated carbocycles. The summed E-state index contributed by atoms with van der Waals surface area (Å²) in [7, 11) is 0. The Morgan fingerprint density at radius 2 is 1.82 bits per heavy atom. The van der Waals surface area contributed by atoms with Gasteiger partial charge in [-0.2, -0.15) is 0 Å². The van der Waals surface area contributed by atoms with Gasteiger partial charge in [-0.05, 0) is 17.9 Å². The van der Waals surface area contributed by atoms with Crippen molar-refractivity contribution in [3.05, 3.63) is 35.9 Å². The molecule has 0 saturated heterocycles. The molecule has 3 nitrogen and oxygen atoms in total. The van der Waals surface area contributed by atoms with Gasteiger partial charge in [0, 0.05) is 6.61 Å². The van der Waals surface area contributed by atoms with Gasteiger partial charge in [0.2, 0.25) is 0 Å². The number of hydrogen-bond acceptors (Lipinski definition) is 3. The normalized spacial score (nSPS) is 15.6. The molecule has 0 amide bonds. The summed E-state index contributed by atoms with van der Waals surface area (Å²) in [6.45, 7) is 9.16. The molecule has 0 radical (unpaired) electrons. The van der Waals surface area contributed by atoms with Crippen LogP contribution in [0.25, 0.3) is 0 Å². The molecule has 0 aliphatic carbocycles. The van der Waals surface area contributed by atoms with Gasteiger partial charge in [0.25, 0.3) is 0 Å². The number of hydrazine groups is 1. The molecule has 0 aliphatic rings. The zero-order chi connectivity index (χ0) is 12.9. The lowest BCUT2D eigenvalue weighted by Crippen LogP contribution is -2.49. The predicted molar refractivity (Wildman–Crippen MR) is 71.4 cm³/mol. The summed E-state index contributed by atoms with van der Waals surface area (Å²) in [5, 5.41) is 0. The zero-order valence-corrected chi connectivity index (χ0v) is 11.2. The van der Waals surface area contributed by atoms with E-state index in [0.29, 0.717) is 6.61 Å². The van der Waals surface area contributed by atoms with Crippen LogP contribution < -0.4 is 11.3 Å². The van der Waals surface area contributed by atoms with E-state index in [1.165, 1.54) is 0 Å². The predicted octanol–water partition coefficient (Wildman–Crippen LogP) is 2.64. The molecule has 3 N–H and O–H groups in total. The molecule has 0 heterocycles. The fourth-order valence-electron chi connectivity index (χ4n) is 2.00. The summed E-state index contributed by atoms with van der Waals surface area (Å²) in [6.07, 6.45) is -0.0220. The SMILES string of the molecule is CCOC(c1ccccc1)C(NN)C(C)(C)C. The van der Waals surface area contributed by atoms with Crippen LogP contribution in [0.2, 0.25) is 0 Å². The minimum absolute atomic E-state index is 0.0220. The molecular weight excluding hydrogens is 212 g/mol. The van der Waals surface area contributed by atoms with Crippen molar-refractivity contribution in [2.24, 2.45) is 11.3 Å². The first-order chi connectivity index (χ1) is 8.00. The lowest BCUT2D eigenvalue weighted by molar-refractivity contribution is 0.000757. The highest BCUT2D eigenvalue weighted by Gasteiger charge is 2.32. The largest absolute Gasteiger partial charge is 0.372 e. The third-order valence-electron chi connectivity index (χ3n) is 2.89. The Kier molecular flexibility index (Phi) is 5.12. The molecule has 17 heavy (non-hydrogen) atoms. The van der Waals surface area contributed by atoms with Gasteiger partial charge in [-0.15, -0.1) is 0 Å². The van der Waals surface area contributed by atoms with E-state index >= 15 is 0 Å². The first-order valence-corrected chi connectivity index (χ1v) is 6.13. The Hall–Kier alpha value is -0.900. The van der Waals surface area contributed by atoms with Gasteiger partial charge >= 0.3 is 0 Å². The highest BCUT2D eigenvalue weighted by molar-refractivity contribution is 5.20. The maximum absolute atomic E-state index is 5.87. The minimum atomic E-state index is -0.0220. The third kappa shape index (κ3) is 3.80. The molecule has 1 aromatic carbocycles. The molecule has 0 spiro atoms. The van der Waals surface area contributed by atoms with Gasteiger partial charge in [-0.25, -0.2) is 0 Å². The number of nitrogens with one attached hydrogen (secondary N) is 1. The first-order valence-electron chi connectivity index (χ1n) is 6.13. The van der Waals surface area contributed by atoms with Gasteiger partial charge in [-0.3, -0.25) is 11.3 Å². The lowest BCUT2D eigenvalue weighted by atomic mass is 9.81. The summed E-state index contributed by atoms with van der Waals surface area (Å²) < 4.78 is 5.87. The molecule has 0 aromatic heterocycles. The molecule has 96 valence electrons. The number of ether oxygens (including phenoxy) is 1. The summed E-state index contributed by atoms with van der Waals surface area (Å²) in [4.78, 5) is 0. The van der Waals surface area contributed by atoms with Crippen LogP contribution in [0.4, 0.5) is 0 Å². The van der Waals surface area contributed by atoms with Crippen molar-refractivity contribution >= 4 is 0 Å². The average Bonchev–Trinajstić information content (AvgIpc) is 2.28. The van der Waals surface area contributed by atoms with Gasteiger partial charge < -0.3 is 4.74 Å². The molecule has 0 aliphatic heterocycles. The molecule has 3 heteroatoms. The van der Waals surface area contributed by atoms with Crippen molar-refractivity contribution in [1.82, 2.24) is 5.43 Å². The zero-order valence-electron chi connectivity index (χ0n) is 11.2. The topological polar surface area (TPSA) is 47.3 Å². The molecule has 2 unspecified atom stereocenters. The van der Waals surface area contributed by atoms with E-state index in [2.05, 4.69) is 38.3 Å². The molecule has 0 bridgehead atoms. The molecule has 1 aromatic rings. The highest BCUT2D eigenvalue weighted by Crippen LogP contribution is 2.32. The van der Waals surface area contributed by atoms with Crippen LogP contribution in [0.3, 0.4) is 0 Å². The van der Waals surface area contributed by atoms with Crippen LogP contribution in [0.1, 0.15) is 39.4 Å². The second-order valence-electron chi connectivity index (χ2n) is 5.30. The second-order valence-corrected chi connectivity index (χ2v) is 5.30. The molecule has 0 fully saturated rings. The fourth-order valence-corrected chi connectivity index (χ4v) is 2.00. The van der Waals surface area contributed by atoms with Crippen molar-refractivity contribution in [2.45, 2.75) is 39.8 Å². The summed E-state index contributed by atoms with van der Waals surface area (Å²) in [5.74, 6) is 5.70. The average molecular weight is 236 g/mol. The van der Waals surface area contributed by atoms with E-state index in [4.69, 9.17) is 10.6 Å². The van der Waals surface area contributed by atoms with E-state index in [-0.39, 0.29) is 17.6 Å². The Balaban J connectivity index is 2.99. The maximum Gasteiger partial charge on any atom is 0.0996 e. The Morgan fingerprint density at radius 1 is 1.24 bits per heavy atom. The standard InChI is InChI=1S/C14H24N2O/c1-5-17-12(11-9-7-6-8-10-11)13(16-15)14(2,3)4/h6-10,12-13,16H,5,15H2,1-4H3. The number of benzene rings is 1. The highest BCUT2D eigenvalue weighted by atomic mass is 16.5. The van der Waals surface area contributed by atoms with Crippen molar-refractivity contribution in [1.29, 1.82) is 0 Å². The first kappa shape index (κ1) is 14.2. The van der Waals surface area contributed by atoms with Crippen molar-refractivity contribution in [3.8, 4) is 0 Å². The van der Waals surface area contributed by atoms with Crippen LogP contribution in [-0.4, -0.2) is 12.6 Å². The van der Waals surface area contributed by atoms with Crippen LogP contribution in [0.5, 0.6) is 0 Å². The molecule has 2 atom stereocenters. The third-order valence-corrected chi connectivity index (χ3v) is 2.89. The maximum atomic E-state index is 5.87. The molecule has 1 rings (SSSR count). The van der Waals surface area contributed by atoms with E-state index in [1.54, 1.807) is 0 Å². The van der Waals surface area contributed by atoms with Crippen LogP contribution >= 0.6 is 0 Å². The van der Waals surface area contributed by atoms with Crippen LogP contribution in [0, 0.1) is 5.41 Å². The number of nitrogens with two attached hydrogens (primary N) is 1. The van der Waals surface area contributed by atoms with Gasteiger partial charge in [-0.1, -0.05) is 51.1 Å². The molecular formula is C14H24N2O. The fraction of sp³-hybridized carbons (Fsp3) is 0.571. The van der Waals surface area contributed by atoms with E-state index in [9.17, 15) is 0 Å². The van der Waals surface area contributed by atoms with E-state index < -0.39 is 0 Å². The second kappa shape index (κ2) is 6.15. The lowest BCUT2D eigenvalue weighted by Gasteiger charge is -2.36. The number of rotatable bonds is 5. The minimum Gasteiger partial charge on any atom is -0.372 e. The van der Waals surface area contributed by atoms with Crippen molar-refractivity contribution < 1.29 is 4.74 Å². The quantitative estimate of drug-likeness (QED) is 0.610. The van der Waals surface area contributed by atoms with Crippen molar-refractivity contribution in [3.63, 3.8) is 0 Å². The van der Waals surface area contributed by atoms with E-state index in [0.717, 1.165) is 5.56 Å². The van der Waals surface area contributed by atoms with E-state index in [1.807, 2.05) is 25.1 Å². The Bertz CT molecular complexity index is 319. The number of hydrogen-bond donors (Lipinski definition) is 2. The summed E-state index contributed by atoms with van der Waals surface area (Å²) >= 11 is 0. The van der Waals surface area contributed by atoms with Gasteiger partial charge in [0.05, 0.1) is 12.1 Å². The Labute approximate surface area is 104 Å². The monoisotopic (exact) mass is 236 g/mol. The smallest absolute Gasteiger partial charge is 0.0996 e. The van der Waals surface area contributed by atoms with Gasteiger partial charge in [0.1, 0.15) is 0 Å². The Morgan fingerprint density at radius 3 is 2.24 bits per heavy atom. The summed E-state index contributed by atoms with van der Waals surface area (Å²) in [6, 6.07) is 10.3.